The summed E-state index contributed by atoms with van der Waals surface area (Å²) in [6.45, 7) is 6.93. The van der Waals surface area contributed by atoms with Gasteiger partial charge in [0.1, 0.15) is 0 Å². The van der Waals surface area contributed by atoms with Crippen molar-refractivity contribution in [3.63, 3.8) is 0 Å². The van der Waals surface area contributed by atoms with Crippen molar-refractivity contribution >= 4 is 11.9 Å². The third-order valence-corrected chi connectivity index (χ3v) is 7.63. The van der Waals surface area contributed by atoms with Gasteiger partial charge in [0.2, 0.25) is 0 Å². The van der Waals surface area contributed by atoms with Gasteiger partial charge in [0.15, 0.2) is 0 Å². The Morgan fingerprint density at radius 3 is 2.12 bits per heavy atom. The molecule has 0 unspecified atom stereocenters. The lowest BCUT2D eigenvalue weighted by molar-refractivity contribution is 0.206. The lowest BCUT2D eigenvalue weighted by atomic mass is 9.71. The molecule has 0 atom stereocenters. The normalized spacial score (nSPS) is 19.2. The summed E-state index contributed by atoms with van der Waals surface area (Å²) in [5.74, 6) is 2.32. The molecule has 1 aliphatic rings. The molecule has 1 fully saturated rings. The van der Waals surface area contributed by atoms with E-state index < -0.39 is 0 Å². The van der Waals surface area contributed by atoms with Crippen LogP contribution in [0.4, 0.5) is 0 Å². The van der Waals surface area contributed by atoms with E-state index in [2.05, 4.69) is 80.5 Å². The van der Waals surface area contributed by atoms with Gasteiger partial charge < -0.3 is 0 Å². The van der Waals surface area contributed by atoms with Gasteiger partial charge in [-0.3, -0.25) is 0 Å². The van der Waals surface area contributed by atoms with Crippen molar-refractivity contribution in [1.29, 1.82) is 0 Å². The van der Waals surface area contributed by atoms with Crippen LogP contribution in [0, 0.1) is 17.8 Å². The first-order valence-corrected chi connectivity index (χ1v) is 14.0. The molecule has 0 aromatic heterocycles. The maximum Gasteiger partial charge on any atom is 0.0733 e. The van der Waals surface area contributed by atoms with E-state index in [1.807, 2.05) is 6.21 Å². The van der Waals surface area contributed by atoms with Crippen LogP contribution in [-0.2, 0) is 6.42 Å². The van der Waals surface area contributed by atoms with Crippen LogP contribution < -0.4 is 0 Å². The molecule has 2 heteroatoms. The standard InChI is InChI=1S/C32H46N2/c1-4-7-9-14-26-17-19-27(20-18-26)25-33-34-32(30-15-10-8-11-16-30)31-23-21-29(22-24-31)28(12-5-2)13-6-3/h8,10-11,15-20,25,28-29,31H,4-7,9,12-14,21-24H2,1-3H3. The summed E-state index contributed by atoms with van der Waals surface area (Å²) >= 11 is 0. The zero-order chi connectivity index (χ0) is 24.0. The van der Waals surface area contributed by atoms with E-state index in [1.54, 1.807) is 0 Å². The Morgan fingerprint density at radius 1 is 0.824 bits per heavy atom. The van der Waals surface area contributed by atoms with Crippen molar-refractivity contribution < 1.29 is 0 Å². The van der Waals surface area contributed by atoms with Gasteiger partial charge in [0.25, 0.3) is 0 Å². The van der Waals surface area contributed by atoms with Gasteiger partial charge in [0.05, 0.1) is 11.9 Å². The second kappa shape index (κ2) is 14.9. The molecule has 2 aromatic carbocycles. The van der Waals surface area contributed by atoms with E-state index >= 15 is 0 Å². The molecule has 0 N–H and O–H groups in total. The number of benzene rings is 2. The van der Waals surface area contributed by atoms with Gasteiger partial charge >= 0.3 is 0 Å². The first-order valence-electron chi connectivity index (χ1n) is 14.0. The average molecular weight is 459 g/mol. The number of rotatable bonds is 13. The Kier molecular flexibility index (Phi) is 11.6. The molecule has 2 aromatic rings. The van der Waals surface area contributed by atoms with Crippen molar-refractivity contribution in [2.24, 2.45) is 28.0 Å². The van der Waals surface area contributed by atoms with Crippen LogP contribution in [0.25, 0.3) is 0 Å². The largest absolute Gasteiger partial charge is 0.158 e. The maximum absolute atomic E-state index is 4.82. The van der Waals surface area contributed by atoms with Crippen LogP contribution in [0.5, 0.6) is 0 Å². The van der Waals surface area contributed by atoms with Crippen LogP contribution >= 0.6 is 0 Å². The average Bonchev–Trinajstić information content (AvgIpc) is 2.88. The fourth-order valence-corrected chi connectivity index (χ4v) is 5.71. The molecule has 1 saturated carbocycles. The highest BCUT2D eigenvalue weighted by Gasteiger charge is 2.29. The van der Waals surface area contributed by atoms with Crippen molar-refractivity contribution in [2.45, 2.75) is 97.8 Å². The van der Waals surface area contributed by atoms with Gasteiger partial charge in [0, 0.05) is 5.92 Å². The van der Waals surface area contributed by atoms with Crippen molar-refractivity contribution in [3.05, 3.63) is 71.3 Å². The summed E-state index contributed by atoms with van der Waals surface area (Å²) in [5.41, 5.74) is 4.95. The molecule has 2 nitrogen and oxygen atoms in total. The fourth-order valence-electron chi connectivity index (χ4n) is 5.71. The predicted octanol–water partition coefficient (Wildman–Crippen LogP) is 9.27. The highest BCUT2D eigenvalue weighted by Crippen LogP contribution is 2.38. The molecule has 0 saturated heterocycles. The summed E-state index contributed by atoms with van der Waals surface area (Å²) < 4.78 is 0. The topological polar surface area (TPSA) is 24.7 Å². The van der Waals surface area contributed by atoms with Gasteiger partial charge in [-0.05, 0) is 67.1 Å². The lowest BCUT2D eigenvalue weighted by Crippen LogP contribution is -2.26. The number of nitrogens with zero attached hydrogens (tertiary/aromatic N) is 2. The Balaban J connectivity index is 1.67. The summed E-state index contributed by atoms with van der Waals surface area (Å²) in [4.78, 5) is 0. The lowest BCUT2D eigenvalue weighted by Gasteiger charge is -2.34. The number of aryl methyl sites for hydroxylation is 1. The second-order valence-corrected chi connectivity index (χ2v) is 10.2. The van der Waals surface area contributed by atoms with E-state index in [9.17, 15) is 0 Å². The van der Waals surface area contributed by atoms with E-state index in [0.717, 1.165) is 17.4 Å². The molecular formula is C32H46N2. The van der Waals surface area contributed by atoms with Gasteiger partial charge in [-0.25, -0.2) is 0 Å². The third kappa shape index (κ3) is 8.22. The zero-order valence-corrected chi connectivity index (χ0v) is 21.9. The van der Waals surface area contributed by atoms with Crippen molar-refractivity contribution in [1.82, 2.24) is 0 Å². The molecule has 3 rings (SSSR count). The van der Waals surface area contributed by atoms with Crippen molar-refractivity contribution in [3.8, 4) is 0 Å². The minimum absolute atomic E-state index is 0.514. The quantitative estimate of drug-likeness (QED) is 0.162. The number of unbranched alkanes of at least 4 members (excludes halogenated alkanes) is 2. The van der Waals surface area contributed by atoms with Crippen LogP contribution in [0.2, 0.25) is 0 Å². The first kappa shape index (κ1) is 26.4. The van der Waals surface area contributed by atoms with Crippen LogP contribution in [0.3, 0.4) is 0 Å². The molecule has 0 radical (unpaired) electrons. The number of hydrogen-bond acceptors (Lipinski definition) is 2. The van der Waals surface area contributed by atoms with Crippen LogP contribution in [0.15, 0.2) is 64.8 Å². The van der Waals surface area contributed by atoms with E-state index in [4.69, 9.17) is 5.10 Å². The van der Waals surface area contributed by atoms with Gasteiger partial charge in [-0.15, -0.1) is 0 Å². The Hall–Kier alpha value is -2.22. The van der Waals surface area contributed by atoms with Gasteiger partial charge in [-0.2, -0.15) is 10.2 Å². The minimum Gasteiger partial charge on any atom is -0.158 e. The summed E-state index contributed by atoms with van der Waals surface area (Å²) in [5, 5.41) is 9.40. The molecule has 184 valence electrons. The Labute approximate surface area is 209 Å². The van der Waals surface area contributed by atoms with Crippen LogP contribution in [-0.4, -0.2) is 11.9 Å². The SMILES string of the molecule is CCCCCc1ccc(C=NN=C(c2ccccc2)C2CCC(C(CCC)CCC)CC2)cc1. The summed E-state index contributed by atoms with van der Waals surface area (Å²) in [6, 6.07) is 19.6. The highest BCUT2D eigenvalue weighted by atomic mass is 15.2. The highest BCUT2D eigenvalue weighted by molar-refractivity contribution is 6.02. The Bertz CT molecular complexity index is 852. The molecule has 0 amide bonds. The number of hydrogen-bond donors (Lipinski definition) is 0. The molecule has 0 heterocycles. The monoisotopic (exact) mass is 458 g/mol. The molecule has 34 heavy (non-hydrogen) atoms. The van der Waals surface area contributed by atoms with E-state index in [-0.39, 0.29) is 0 Å². The molecule has 0 bridgehead atoms. The van der Waals surface area contributed by atoms with E-state index in [1.165, 1.54) is 93.9 Å². The molecule has 0 aliphatic heterocycles. The first-order chi connectivity index (χ1) is 16.7. The maximum atomic E-state index is 4.82. The minimum atomic E-state index is 0.514. The predicted molar refractivity (Wildman–Crippen MR) is 149 cm³/mol. The van der Waals surface area contributed by atoms with Crippen molar-refractivity contribution in [2.75, 3.05) is 0 Å². The van der Waals surface area contributed by atoms with Gasteiger partial charge in [-0.1, -0.05) is 114 Å². The molecule has 1 aliphatic carbocycles. The van der Waals surface area contributed by atoms with E-state index in [0.29, 0.717) is 5.92 Å². The summed E-state index contributed by atoms with van der Waals surface area (Å²) in [6.07, 6.45) is 17.5. The van der Waals surface area contributed by atoms with Crippen LogP contribution in [0.1, 0.15) is 108 Å². The zero-order valence-electron chi connectivity index (χ0n) is 21.9. The molecule has 0 spiro atoms. The molecular weight excluding hydrogens is 412 g/mol. The Morgan fingerprint density at radius 2 is 1.50 bits per heavy atom. The smallest absolute Gasteiger partial charge is 0.0733 e. The third-order valence-electron chi connectivity index (χ3n) is 7.63. The fraction of sp³-hybridized carbons (Fsp3) is 0.562. The summed E-state index contributed by atoms with van der Waals surface area (Å²) in [7, 11) is 0. The second-order valence-electron chi connectivity index (χ2n) is 10.2.